The van der Waals surface area contributed by atoms with Gasteiger partial charge >= 0.3 is 0 Å². The van der Waals surface area contributed by atoms with E-state index in [-0.39, 0.29) is 12.2 Å². The van der Waals surface area contributed by atoms with Gasteiger partial charge in [0.2, 0.25) is 0 Å². The molecule has 1 atom stereocenters. The Labute approximate surface area is 159 Å². The summed E-state index contributed by atoms with van der Waals surface area (Å²) < 4.78 is 11.5. The van der Waals surface area contributed by atoms with E-state index < -0.39 is 12.0 Å². The molecule has 0 saturated carbocycles. The van der Waals surface area contributed by atoms with Crippen LogP contribution >= 0.6 is 0 Å². The molecule has 0 amide bonds. The molecule has 0 aliphatic carbocycles. The molecule has 2 rings (SSSR count). The van der Waals surface area contributed by atoms with Crippen LogP contribution in [-0.4, -0.2) is 18.2 Å². The molecule has 27 heavy (non-hydrogen) atoms. The van der Waals surface area contributed by atoms with Gasteiger partial charge in [0.05, 0.1) is 35.9 Å². The smallest absolute Gasteiger partial charge is 0.161 e. The van der Waals surface area contributed by atoms with Crippen molar-refractivity contribution < 1.29 is 19.4 Å². The highest BCUT2D eigenvalue weighted by Crippen LogP contribution is 2.33. The van der Waals surface area contributed by atoms with Crippen LogP contribution < -0.4 is 19.9 Å². The number of aliphatic carboxylic acids is 1. The summed E-state index contributed by atoms with van der Waals surface area (Å²) in [6.45, 7) is 7.58. The number of benzene rings is 2. The third kappa shape index (κ3) is 5.65. The van der Waals surface area contributed by atoms with Gasteiger partial charge in [0, 0.05) is 5.69 Å². The molecule has 1 N–H and O–H groups in total. The fourth-order valence-corrected chi connectivity index (χ4v) is 2.49. The lowest BCUT2D eigenvalue weighted by Crippen LogP contribution is -2.34. The molecule has 0 bridgehead atoms. The first-order chi connectivity index (χ1) is 12.8. The number of ether oxygens (including phenoxy) is 2. The Hall–Kier alpha value is -3.20. The topological polar surface area (TPSA) is 94.4 Å². The second-order valence-electron chi connectivity index (χ2n) is 6.62. The molecule has 1 unspecified atom stereocenters. The summed E-state index contributed by atoms with van der Waals surface area (Å²) in [7, 11) is 0. The summed E-state index contributed by atoms with van der Waals surface area (Å²) in [4.78, 5) is 11.7. The summed E-state index contributed by atoms with van der Waals surface area (Å²) >= 11 is 0. The van der Waals surface area contributed by atoms with E-state index in [1.165, 1.54) is 0 Å². The van der Waals surface area contributed by atoms with E-state index in [0.29, 0.717) is 28.3 Å². The van der Waals surface area contributed by atoms with Crippen LogP contribution in [0.5, 0.6) is 11.5 Å². The molecule has 0 radical (unpaired) electrons. The minimum absolute atomic E-state index is 0.0425. The number of nitrogens with zero attached hydrogens (tertiary/aromatic N) is 1. The van der Waals surface area contributed by atoms with Gasteiger partial charge in [-0.1, -0.05) is 6.07 Å². The predicted octanol–water partition coefficient (Wildman–Crippen LogP) is 3.04. The molecule has 0 saturated heterocycles. The maximum Gasteiger partial charge on any atom is 0.161 e. The lowest BCUT2D eigenvalue weighted by molar-refractivity contribution is -0.307. The molecule has 2 aromatic rings. The zero-order valence-corrected chi connectivity index (χ0v) is 15.9. The number of anilines is 1. The third-order valence-electron chi connectivity index (χ3n) is 3.59. The van der Waals surface area contributed by atoms with Gasteiger partial charge < -0.3 is 24.7 Å². The molecule has 6 heteroatoms. The van der Waals surface area contributed by atoms with Gasteiger partial charge in [0.1, 0.15) is 0 Å². The molecule has 142 valence electrons. The number of carboxylic acids is 1. The van der Waals surface area contributed by atoms with Crippen LogP contribution in [0.1, 0.15) is 44.9 Å². The first-order valence-electron chi connectivity index (χ1n) is 8.75. The number of nitrogens with one attached hydrogen (secondary N) is 1. The van der Waals surface area contributed by atoms with Crippen LogP contribution in [0.4, 0.5) is 5.69 Å². The van der Waals surface area contributed by atoms with E-state index in [0.717, 1.165) is 0 Å². The largest absolute Gasteiger partial charge is 0.548 e. The Morgan fingerprint density at radius 2 is 1.59 bits per heavy atom. The van der Waals surface area contributed by atoms with Crippen LogP contribution in [0, 0.1) is 11.3 Å². The van der Waals surface area contributed by atoms with Gasteiger partial charge in [0.25, 0.3) is 0 Å². The van der Waals surface area contributed by atoms with E-state index in [1.54, 1.807) is 42.5 Å². The third-order valence-corrected chi connectivity index (χ3v) is 3.59. The van der Waals surface area contributed by atoms with E-state index in [2.05, 4.69) is 5.32 Å². The molecular formula is C21H23N2O4-. The average molecular weight is 367 g/mol. The zero-order chi connectivity index (χ0) is 20.0. The quantitative estimate of drug-likeness (QED) is 0.771. The van der Waals surface area contributed by atoms with Crippen LogP contribution in [0.15, 0.2) is 42.5 Å². The number of carbonyl (C=O) groups is 1. The standard InChI is InChI=1S/C21H24N2O4/c1-13(2)26-18-10-7-16(11-19(18)27-14(3)4)20(21(24)25)23-17-8-5-15(12-22)6-9-17/h5-11,13-14,20,23H,1-4H3,(H,24,25)/p-1. The second kappa shape index (κ2) is 8.95. The van der Waals surface area contributed by atoms with Crippen molar-refractivity contribution in [3.05, 3.63) is 53.6 Å². The van der Waals surface area contributed by atoms with Crippen molar-refractivity contribution in [2.75, 3.05) is 5.32 Å². The molecular weight excluding hydrogens is 344 g/mol. The lowest BCUT2D eigenvalue weighted by Gasteiger charge is -2.24. The Kier molecular flexibility index (Phi) is 6.67. The van der Waals surface area contributed by atoms with Gasteiger partial charge in [-0.3, -0.25) is 0 Å². The van der Waals surface area contributed by atoms with Crippen molar-refractivity contribution in [2.24, 2.45) is 0 Å². The van der Waals surface area contributed by atoms with E-state index >= 15 is 0 Å². The monoisotopic (exact) mass is 367 g/mol. The number of rotatable bonds is 8. The van der Waals surface area contributed by atoms with Gasteiger partial charge in [-0.2, -0.15) is 5.26 Å². The molecule has 0 aromatic heterocycles. The van der Waals surface area contributed by atoms with Gasteiger partial charge in [-0.25, -0.2) is 0 Å². The average Bonchev–Trinajstić information content (AvgIpc) is 2.60. The van der Waals surface area contributed by atoms with Crippen molar-refractivity contribution in [1.29, 1.82) is 5.26 Å². The van der Waals surface area contributed by atoms with E-state index in [9.17, 15) is 9.90 Å². The molecule has 0 aliphatic heterocycles. The fourth-order valence-electron chi connectivity index (χ4n) is 2.49. The summed E-state index contributed by atoms with van der Waals surface area (Å²) in [5.41, 5.74) is 1.54. The second-order valence-corrected chi connectivity index (χ2v) is 6.62. The van der Waals surface area contributed by atoms with Crippen LogP contribution in [-0.2, 0) is 4.79 Å². The summed E-state index contributed by atoms with van der Waals surface area (Å²) in [6.07, 6.45) is -0.137. The zero-order valence-electron chi connectivity index (χ0n) is 15.9. The predicted molar refractivity (Wildman–Crippen MR) is 100 cm³/mol. The maximum atomic E-state index is 11.7. The summed E-state index contributed by atoms with van der Waals surface area (Å²) in [6, 6.07) is 12.5. The fraction of sp³-hybridized carbons (Fsp3) is 0.333. The molecule has 6 nitrogen and oxygen atoms in total. The van der Waals surface area contributed by atoms with Crippen molar-refractivity contribution in [2.45, 2.75) is 45.9 Å². The number of carbonyl (C=O) groups excluding carboxylic acids is 1. The van der Waals surface area contributed by atoms with Gasteiger partial charge in [-0.05, 0) is 69.7 Å². The number of carboxylic acid groups (broad SMARTS) is 1. The van der Waals surface area contributed by atoms with E-state index in [4.69, 9.17) is 14.7 Å². The minimum Gasteiger partial charge on any atom is -0.548 e. The normalized spacial score (nSPS) is 11.7. The van der Waals surface area contributed by atoms with Crippen LogP contribution in [0.25, 0.3) is 0 Å². The number of hydrogen-bond donors (Lipinski definition) is 1. The number of nitriles is 1. The Bertz CT molecular complexity index is 823. The summed E-state index contributed by atoms with van der Waals surface area (Å²) in [5, 5.41) is 23.5. The Morgan fingerprint density at radius 3 is 2.11 bits per heavy atom. The SMILES string of the molecule is CC(C)Oc1ccc(C(Nc2ccc(C#N)cc2)C(=O)[O-])cc1OC(C)C. The highest BCUT2D eigenvalue weighted by atomic mass is 16.5. The van der Waals surface area contributed by atoms with Crippen LogP contribution in [0.3, 0.4) is 0 Å². The van der Waals surface area contributed by atoms with E-state index in [1.807, 2.05) is 33.8 Å². The highest BCUT2D eigenvalue weighted by Gasteiger charge is 2.17. The Morgan fingerprint density at radius 1 is 1.00 bits per heavy atom. The van der Waals surface area contributed by atoms with Crippen molar-refractivity contribution in [3.63, 3.8) is 0 Å². The molecule has 0 aliphatic rings. The lowest BCUT2D eigenvalue weighted by atomic mass is 10.1. The Balaban J connectivity index is 2.34. The van der Waals surface area contributed by atoms with Crippen molar-refractivity contribution >= 4 is 11.7 Å². The maximum absolute atomic E-state index is 11.7. The van der Waals surface area contributed by atoms with Gasteiger partial charge in [0.15, 0.2) is 11.5 Å². The highest BCUT2D eigenvalue weighted by molar-refractivity contribution is 5.78. The minimum atomic E-state index is -1.27. The van der Waals surface area contributed by atoms with Gasteiger partial charge in [-0.15, -0.1) is 0 Å². The first kappa shape index (κ1) is 20.1. The number of hydrogen-bond acceptors (Lipinski definition) is 6. The molecule has 2 aromatic carbocycles. The van der Waals surface area contributed by atoms with Crippen molar-refractivity contribution in [1.82, 2.24) is 0 Å². The molecule has 0 spiro atoms. The molecule has 0 fully saturated rings. The van der Waals surface area contributed by atoms with Crippen molar-refractivity contribution in [3.8, 4) is 17.6 Å². The molecule has 0 heterocycles. The summed E-state index contributed by atoms with van der Waals surface area (Å²) in [5.74, 6) is -0.241. The first-order valence-corrected chi connectivity index (χ1v) is 8.75. The van der Waals surface area contributed by atoms with Crippen LogP contribution in [0.2, 0.25) is 0 Å².